The fourth-order valence-corrected chi connectivity index (χ4v) is 4.93. The zero-order chi connectivity index (χ0) is 12.5. The van der Waals surface area contributed by atoms with Crippen LogP contribution >= 0.6 is 0 Å². The largest absolute Gasteiger partial charge is 0.328 e. The number of rotatable bonds is 4. The molecule has 0 saturated heterocycles. The Balaban J connectivity index is 1.64. The lowest BCUT2D eigenvalue weighted by Crippen LogP contribution is -2.48. The van der Waals surface area contributed by atoms with E-state index in [1.165, 1.54) is 64.3 Å². The van der Waals surface area contributed by atoms with Crippen molar-refractivity contribution >= 4 is 0 Å². The summed E-state index contributed by atoms with van der Waals surface area (Å²) in [4.78, 5) is 2.91. The molecule has 0 spiro atoms. The van der Waals surface area contributed by atoms with E-state index < -0.39 is 0 Å². The molecule has 0 heterocycles. The van der Waals surface area contributed by atoms with Crippen LogP contribution in [0, 0.1) is 11.8 Å². The van der Waals surface area contributed by atoms with Gasteiger partial charge in [0.2, 0.25) is 0 Å². The van der Waals surface area contributed by atoms with Crippen molar-refractivity contribution in [1.82, 2.24) is 4.90 Å². The maximum atomic E-state index is 6.07. The molecule has 0 aromatic carbocycles. The van der Waals surface area contributed by atoms with E-state index in [-0.39, 0.29) is 0 Å². The highest BCUT2D eigenvalue weighted by molar-refractivity contribution is 4.97. The SMILES string of the molecule is CCCN(C1CCC(N)CC1)C1CC2CCC1C2. The number of nitrogens with zero attached hydrogens (tertiary/aromatic N) is 1. The normalized spacial score (nSPS) is 43.8. The first-order valence-corrected chi connectivity index (χ1v) is 8.29. The monoisotopic (exact) mass is 250 g/mol. The van der Waals surface area contributed by atoms with Crippen LogP contribution in [0.3, 0.4) is 0 Å². The van der Waals surface area contributed by atoms with Crippen molar-refractivity contribution in [2.24, 2.45) is 17.6 Å². The molecule has 0 radical (unpaired) electrons. The minimum absolute atomic E-state index is 0.491. The minimum Gasteiger partial charge on any atom is -0.328 e. The van der Waals surface area contributed by atoms with E-state index in [9.17, 15) is 0 Å². The van der Waals surface area contributed by atoms with Crippen molar-refractivity contribution in [3.8, 4) is 0 Å². The fraction of sp³-hybridized carbons (Fsp3) is 1.00. The van der Waals surface area contributed by atoms with Gasteiger partial charge in [0.25, 0.3) is 0 Å². The Morgan fingerprint density at radius 3 is 2.33 bits per heavy atom. The van der Waals surface area contributed by atoms with E-state index >= 15 is 0 Å². The fourth-order valence-electron chi connectivity index (χ4n) is 4.93. The van der Waals surface area contributed by atoms with Crippen molar-refractivity contribution in [3.05, 3.63) is 0 Å². The Hall–Kier alpha value is -0.0800. The molecule has 3 aliphatic rings. The van der Waals surface area contributed by atoms with Crippen LogP contribution in [0.5, 0.6) is 0 Å². The van der Waals surface area contributed by atoms with Gasteiger partial charge in [0, 0.05) is 18.1 Å². The van der Waals surface area contributed by atoms with Gasteiger partial charge in [-0.25, -0.2) is 0 Å². The smallest absolute Gasteiger partial charge is 0.0129 e. The van der Waals surface area contributed by atoms with Crippen molar-refractivity contribution in [2.75, 3.05) is 6.54 Å². The predicted molar refractivity (Wildman–Crippen MR) is 76.5 cm³/mol. The number of hydrogen-bond acceptors (Lipinski definition) is 2. The van der Waals surface area contributed by atoms with Crippen LogP contribution < -0.4 is 5.73 Å². The van der Waals surface area contributed by atoms with Gasteiger partial charge in [-0.2, -0.15) is 0 Å². The first-order valence-electron chi connectivity index (χ1n) is 8.29. The molecule has 3 aliphatic carbocycles. The van der Waals surface area contributed by atoms with Crippen LogP contribution in [-0.2, 0) is 0 Å². The first kappa shape index (κ1) is 12.9. The number of fused-ring (bicyclic) bond motifs is 2. The zero-order valence-electron chi connectivity index (χ0n) is 12.0. The predicted octanol–water partition coefficient (Wildman–Crippen LogP) is 3.16. The topological polar surface area (TPSA) is 29.3 Å². The molecule has 3 saturated carbocycles. The molecule has 3 rings (SSSR count). The van der Waals surface area contributed by atoms with Gasteiger partial charge in [-0.15, -0.1) is 0 Å². The van der Waals surface area contributed by atoms with Crippen LogP contribution in [0.25, 0.3) is 0 Å². The number of nitrogens with two attached hydrogens (primary N) is 1. The summed E-state index contributed by atoms with van der Waals surface area (Å²) in [5.74, 6) is 2.11. The summed E-state index contributed by atoms with van der Waals surface area (Å²) in [6.45, 7) is 3.67. The molecule has 3 unspecified atom stereocenters. The average molecular weight is 250 g/mol. The van der Waals surface area contributed by atoms with Gasteiger partial charge in [0.05, 0.1) is 0 Å². The van der Waals surface area contributed by atoms with Crippen LogP contribution in [-0.4, -0.2) is 29.6 Å². The zero-order valence-corrected chi connectivity index (χ0v) is 12.0. The Kier molecular flexibility index (Phi) is 3.95. The Bertz CT molecular complexity index is 270. The minimum atomic E-state index is 0.491. The molecular weight excluding hydrogens is 220 g/mol. The van der Waals surface area contributed by atoms with Gasteiger partial charge in [-0.05, 0) is 69.7 Å². The van der Waals surface area contributed by atoms with Crippen molar-refractivity contribution < 1.29 is 0 Å². The summed E-state index contributed by atoms with van der Waals surface area (Å²) in [5.41, 5.74) is 6.07. The van der Waals surface area contributed by atoms with Gasteiger partial charge >= 0.3 is 0 Å². The van der Waals surface area contributed by atoms with Crippen molar-refractivity contribution in [3.63, 3.8) is 0 Å². The van der Waals surface area contributed by atoms with Gasteiger partial charge in [-0.1, -0.05) is 13.3 Å². The second-order valence-electron chi connectivity index (χ2n) is 7.05. The van der Waals surface area contributed by atoms with E-state index in [2.05, 4.69) is 11.8 Å². The highest BCUT2D eigenvalue weighted by Crippen LogP contribution is 2.47. The average Bonchev–Trinajstić information content (AvgIpc) is 2.99. The van der Waals surface area contributed by atoms with Gasteiger partial charge in [0.15, 0.2) is 0 Å². The lowest BCUT2D eigenvalue weighted by molar-refractivity contribution is 0.0684. The van der Waals surface area contributed by atoms with E-state index in [1.54, 1.807) is 0 Å². The molecule has 2 bridgehead atoms. The Morgan fingerprint density at radius 2 is 1.78 bits per heavy atom. The quantitative estimate of drug-likeness (QED) is 0.830. The third-order valence-electron chi connectivity index (χ3n) is 5.82. The molecule has 0 aromatic heterocycles. The van der Waals surface area contributed by atoms with Crippen LogP contribution in [0.4, 0.5) is 0 Å². The standard InChI is InChI=1S/C16H30N2/c1-2-9-18(15-7-5-14(17)6-8-15)16-11-12-3-4-13(16)10-12/h12-16H,2-11,17H2,1H3. The van der Waals surface area contributed by atoms with Crippen LogP contribution in [0.2, 0.25) is 0 Å². The summed E-state index contributed by atoms with van der Waals surface area (Å²) in [6, 6.07) is 2.28. The van der Waals surface area contributed by atoms with E-state index in [0.717, 1.165) is 23.9 Å². The maximum Gasteiger partial charge on any atom is 0.0129 e. The molecule has 0 aromatic rings. The first-order chi connectivity index (χ1) is 8.78. The molecular formula is C16H30N2. The second-order valence-corrected chi connectivity index (χ2v) is 7.05. The van der Waals surface area contributed by atoms with Gasteiger partial charge in [0.1, 0.15) is 0 Å². The highest BCUT2D eigenvalue weighted by atomic mass is 15.2. The molecule has 0 aliphatic heterocycles. The van der Waals surface area contributed by atoms with Crippen molar-refractivity contribution in [1.29, 1.82) is 0 Å². The van der Waals surface area contributed by atoms with E-state index in [0.29, 0.717) is 6.04 Å². The Labute approximate surface area is 112 Å². The summed E-state index contributed by atoms with van der Waals surface area (Å²) in [5, 5.41) is 0. The van der Waals surface area contributed by atoms with Crippen molar-refractivity contribution in [2.45, 2.75) is 82.8 Å². The van der Waals surface area contributed by atoms with E-state index in [1.807, 2.05) is 0 Å². The molecule has 2 nitrogen and oxygen atoms in total. The molecule has 18 heavy (non-hydrogen) atoms. The van der Waals surface area contributed by atoms with Crippen LogP contribution in [0.1, 0.15) is 64.7 Å². The molecule has 0 amide bonds. The summed E-state index contributed by atoms with van der Waals surface area (Å²) < 4.78 is 0. The third-order valence-corrected chi connectivity index (χ3v) is 5.82. The third kappa shape index (κ3) is 2.46. The maximum absolute atomic E-state index is 6.07. The van der Waals surface area contributed by atoms with Crippen LogP contribution in [0.15, 0.2) is 0 Å². The lowest BCUT2D eigenvalue weighted by atomic mass is 9.86. The summed E-state index contributed by atoms with van der Waals surface area (Å²) in [6.07, 6.45) is 12.6. The molecule has 104 valence electrons. The summed E-state index contributed by atoms with van der Waals surface area (Å²) >= 11 is 0. The van der Waals surface area contributed by atoms with Gasteiger partial charge < -0.3 is 5.73 Å². The summed E-state index contributed by atoms with van der Waals surface area (Å²) in [7, 11) is 0. The molecule has 2 heteroatoms. The lowest BCUT2D eigenvalue weighted by Gasteiger charge is -2.42. The molecule has 3 fully saturated rings. The Morgan fingerprint density at radius 1 is 1.00 bits per heavy atom. The molecule has 3 atom stereocenters. The highest BCUT2D eigenvalue weighted by Gasteiger charge is 2.43. The second kappa shape index (κ2) is 5.50. The van der Waals surface area contributed by atoms with E-state index in [4.69, 9.17) is 5.73 Å². The number of hydrogen-bond donors (Lipinski definition) is 1. The van der Waals surface area contributed by atoms with Gasteiger partial charge in [-0.3, -0.25) is 4.90 Å². The molecule has 2 N–H and O–H groups in total.